The molecule has 3 heteroatoms. The molecule has 0 aromatic carbocycles. The van der Waals surface area contributed by atoms with Crippen molar-refractivity contribution in [3.05, 3.63) is 34.9 Å². The van der Waals surface area contributed by atoms with Crippen molar-refractivity contribution in [1.82, 2.24) is 0 Å². The maximum Gasteiger partial charge on any atom is 0.0812 e. The summed E-state index contributed by atoms with van der Waals surface area (Å²) in [5.41, 5.74) is 3.85. The van der Waals surface area contributed by atoms with Crippen LogP contribution in [0.1, 0.15) is 85.5 Å². The number of aliphatic hydroxyl groups excluding tert-OH is 3. The van der Waals surface area contributed by atoms with Crippen molar-refractivity contribution in [3.8, 4) is 0 Å². The maximum atomic E-state index is 10.5. The van der Waals surface area contributed by atoms with Gasteiger partial charge in [0.1, 0.15) is 0 Å². The Labute approximate surface area is 184 Å². The van der Waals surface area contributed by atoms with Gasteiger partial charge in [0, 0.05) is 6.61 Å². The molecule has 0 unspecified atom stereocenters. The van der Waals surface area contributed by atoms with Gasteiger partial charge in [-0.3, -0.25) is 0 Å². The van der Waals surface area contributed by atoms with E-state index >= 15 is 0 Å². The number of hydrogen-bond donors (Lipinski definition) is 3. The SMILES string of the molecule is CC(C)C[C@H](C)[C@H]1CC[C@H]2/C(=C/C=C3C[C@@H](O)C(=CCCO)[C@H](O)C3)CCC[C@]12C. The summed E-state index contributed by atoms with van der Waals surface area (Å²) in [4.78, 5) is 0. The number of hydrogen-bond acceptors (Lipinski definition) is 3. The molecule has 3 N–H and O–H groups in total. The number of fused-ring (bicyclic) bond motifs is 1. The Kier molecular flexibility index (Phi) is 8.03. The van der Waals surface area contributed by atoms with E-state index in [-0.39, 0.29) is 6.61 Å². The lowest BCUT2D eigenvalue weighted by Gasteiger charge is -2.44. The summed E-state index contributed by atoms with van der Waals surface area (Å²) >= 11 is 0. The summed E-state index contributed by atoms with van der Waals surface area (Å²) in [6.07, 6.45) is 14.6. The quantitative estimate of drug-likeness (QED) is 0.497. The van der Waals surface area contributed by atoms with E-state index in [1.807, 2.05) is 0 Å². The Bertz CT molecular complexity index is 658. The van der Waals surface area contributed by atoms with E-state index in [9.17, 15) is 10.2 Å². The summed E-state index contributed by atoms with van der Waals surface area (Å²) in [6, 6.07) is 0. The lowest BCUT2D eigenvalue weighted by Crippen LogP contribution is -2.36. The zero-order valence-corrected chi connectivity index (χ0v) is 19.6. The van der Waals surface area contributed by atoms with Crippen molar-refractivity contribution >= 4 is 0 Å². The van der Waals surface area contributed by atoms with Gasteiger partial charge in [-0.25, -0.2) is 0 Å². The van der Waals surface area contributed by atoms with Crippen LogP contribution in [-0.2, 0) is 0 Å². The van der Waals surface area contributed by atoms with Gasteiger partial charge in [-0.15, -0.1) is 0 Å². The summed E-state index contributed by atoms with van der Waals surface area (Å²) < 4.78 is 0. The first-order valence-corrected chi connectivity index (χ1v) is 12.3. The molecule has 3 saturated carbocycles. The highest BCUT2D eigenvalue weighted by Gasteiger charge is 2.50. The molecular formula is C27H44O3. The van der Waals surface area contributed by atoms with Gasteiger partial charge in [0.15, 0.2) is 0 Å². The Morgan fingerprint density at radius 1 is 1.07 bits per heavy atom. The molecule has 0 aliphatic heterocycles. The monoisotopic (exact) mass is 416 g/mol. The molecule has 0 aromatic rings. The Morgan fingerprint density at radius 3 is 2.40 bits per heavy atom. The highest BCUT2D eigenvalue weighted by molar-refractivity contribution is 5.30. The van der Waals surface area contributed by atoms with Gasteiger partial charge < -0.3 is 15.3 Å². The molecule has 0 radical (unpaired) electrons. The largest absolute Gasteiger partial charge is 0.396 e. The molecule has 30 heavy (non-hydrogen) atoms. The van der Waals surface area contributed by atoms with Crippen LogP contribution < -0.4 is 0 Å². The second kappa shape index (κ2) is 10.1. The molecule has 3 rings (SSSR count). The van der Waals surface area contributed by atoms with Gasteiger partial charge in [0.2, 0.25) is 0 Å². The third kappa shape index (κ3) is 5.11. The van der Waals surface area contributed by atoms with E-state index in [1.165, 1.54) is 38.5 Å². The first kappa shape index (κ1) is 23.8. The summed E-state index contributed by atoms with van der Waals surface area (Å²) in [7, 11) is 0. The lowest BCUT2D eigenvalue weighted by molar-refractivity contribution is 0.0893. The molecule has 0 aromatic heterocycles. The first-order chi connectivity index (χ1) is 14.3. The molecule has 0 amide bonds. The van der Waals surface area contributed by atoms with Gasteiger partial charge in [-0.1, -0.05) is 57.1 Å². The molecule has 0 heterocycles. The smallest absolute Gasteiger partial charge is 0.0812 e. The van der Waals surface area contributed by atoms with Crippen molar-refractivity contribution in [3.63, 3.8) is 0 Å². The fraction of sp³-hybridized carbons (Fsp3) is 0.778. The predicted molar refractivity (Wildman–Crippen MR) is 124 cm³/mol. The van der Waals surface area contributed by atoms with Gasteiger partial charge >= 0.3 is 0 Å². The van der Waals surface area contributed by atoms with Gasteiger partial charge in [0.05, 0.1) is 12.2 Å². The van der Waals surface area contributed by atoms with E-state index in [2.05, 4.69) is 39.8 Å². The molecule has 3 aliphatic rings. The minimum absolute atomic E-state index is 0.0503. The molecular weight excluding hydrogens is 372 g/mol. The highest BCUT2D eigenvalue weighted by atomic mass is 16.3. The zero-order valence-electron chi connectivity index (χ0n) is 19.6. The highest BCUT2D eigenvalue weighted by Crippen LogP contribution is 2.60. The van der Waals surface area contributed by atoms with E-state index in [4.69, 9.17) is 5.11 Å². The van der Waals surface area contributed by atoms with Gasteiger partial charge in [-0.2, -0.15) is 0 Å². The van der Waals surface area contributed by atoms with Crippen LogP contribution in [0, 0.1) is 29.1 Å². The van der Waals surface area contributed by atoms with Crippen molar-refractivity contribution in [1.29, 1.82) is 0 Å². The van der Waals surface area contributed by atoms with Crippen LogP contribution in [0.4, 0.5) is 0 Å². The van der Waals surface area contributed by atoms with Crippen LogP contribution in [-0.4, -0.2) is 34.1 Å². The summed E-state index contributed by atoms with van der Waals surface area (Å²) in [5.74, 6) is 3.09. The van der Waals surface area contributed by atoms with Crippen LogP contribution in [0.15, 0.2) is 34.9 Å². The fourth-order valence-corrected chi connectivity index (χ4v) is 7.02. The van der Waals surface area contributed by atoms with Crippen molar-refractivity contribution < 1.29 is 15.3 Å². The number of rotatable bonds is 6. The average Bonchev–Trinajstić information content (AvgIpc) is 3.03. The Morgan fingerprint density at radius 2 is 1.77 bits per heavy atom. The minimum Gasteiger partial charge on any atom is -0.396 e. The molecule has 3 fully saturated rings. The molecule has 0 spiro atoms. The average molecular weight is 417 g/mol. The zero-order chi connectivity index (χ0) is 21.9. The fourth-order valence-electron chi connectivity index (χ4n) is 7.02. The topological polar surface area (TPSA) is 60.7 Å². The predicted octanol–water partition coefficient (Wildman–Crippen LogP) is 5.56. The third-order valence-corrected chi connectivity index (χ3v) is 8.29. The van der Waals surface area contributed by atoms with Crippen LogP contribution in [0.2, 0.25) is 0 Å². The molecule has 6 atom stereocenters. The molecule has 3 aliphatic carbocycles. The van der Waals surface area contributed by atoms with E-state index < -0.39 is 12.2 Å². The van der Waals surface area contributed by atoms with Crippen molar-refractivity contribution in [2.24, 2.45) is 29.1 Å². The Hall–Kier alpha value is -0.900. The van der Waals surface area contributed by atoms with E-state index in [0.717, 1.165) is 23.3 Å². The van der Waals surface area contributed by atoms with Crippen LogP contribution >= 0.6 is 0 Å². The third-order valence-electron chi connectivity index (χ3n) is 8.29. The van der Waals surface area contributed by atoms with Crippen LogP contribution in [0.5, 0.6) is 0 Å². The maximum absolute atomic E-state index is 10.5. The van der Waals surface area contributed by atoms with Crippen LogP contribution in [0.3, 0.4) is 0 Å². The molecule has 170 valence electrons. The second-order valence-corrected chi connectivity index (χ2v) is 10.9. The number of allylic oxidation sites excluding steroid dienone is 3. The lowest BCUT2D eigenvalue weighted by atomic mass is 9.60. The van der Waals surface area contributed by atoms with E-state index in [0.29, 0.717) is 36.2 Å². The van der Waals surface area contributed by atoms with Gasteiger partial charge in [-0.05, 0) is 92.4 Å². The molecule has 0 saturated heterocycles. The minimum atomic E-state index is -0.630. The van der Waals surface area contributed by atoms with Gasteiger partial charge in [0.25, 0.3) is 0 Å². The summed E-state index contributed by atoms with van der Waals surface area (Å²) in [5, 5.41) is 29.9. The molecule has 3 nitrogen and oxygen atoms in total. The Balaban J connectivity index is 1.72. The molecule has 0 bridgehead atoms. The number of aliphatic hydroxyl groups is 3. The summed E-state index contributed by atoms with van der Waals surface area (Å²) in [6.45, 7) is 9.78. The second-order valence-electron chi connectivity index (χ2n) is 10.9. The standard InChI is InChI=1S/C27H44O3/c1-18(2)15-19(3)23-11-12-24-21(7-5-13-27(23,24)4)10-9-20-16-25(29)22(8-6-14-28)26(30)17-20/h8-10,18-19,23-26,28-30H,5-7,11-17H2,1-4H3/b20-9?,21-10+,22-8?/t19-,23+,24-,25+,26+,27+/m0/s1. The van der Waals surface area contributed by atoms with E-state index in [1.54, 1.807) is 11.6 Å². The van der Waals surface area contributed by atoms with Crippen molar-refractivity contribution in [2.75, 3.05) is 6.61 Å². The first-order valence-electron chi connectivity index (χ1n) is 12.3. The normalized spacial score (nSPS) is 36.9. The van der Waals surface area contributed by atoms with Crippen molar-refractivity contribution in [2.45, 2.75) is 97.7 Å². The van der Waals surface area contributed by atoms with Crippen LogP contribution in [0.25, 0.3) is 0 Å².